The predicted molar refractivity (Wildman–Crippen MR) is 119 cm³/mol. The molecule has 2 aliphatic rings. The SMILES string of the molecule is N[C@H]1C[C@@H](c2ccncc2CC(=O)c2ccc(F)c(-c3c(F)cccc3F)n2)O[C@H]2CCC[C@H]21. The fourth-order valence-corrected chi connectivity index (χ4v) is 5.16. The lowest BCUT2D eigenvalue weighted by atomic mass is 9.85. The highest BCUT2D eigenvalue weighted by molar-refractivity contribution is 5.96. The molecule has 2 aromatic heterocycles. The van der Waals surface area contributed by atoms with Crippen molar-refractivity contribution in [3.63, 3.8) is 0 Å². The smallest absolute Gasteiger partial charge is 0.185 e. The second kappa shape index (κ2) is 9.27. The average molecular weight is 467 g/mol. The highest BCUT2D eigenvalue weighted by Crippen LogP contribution is 2.42. The fourth-order valence-electron chi connectivity index (χ4n) is 5.16. The maximum absolute atomic E-state index is 14.4. The average Bonchev–Trinajstić information content (AvgIpc) is 3.30. The number of hydrogen-bond donors (Lipinski definition) is 1. The Morgan fingerprint density at radius 1 is 1.06 bits per heavy atom. The first-order valence-electron chi connectivity index (χ1n) is 11.4. The Kier molecular flexibility index (Phi) is 6.18. The summed E-state index contributed by atoms with van der Waals surface area (Å²) in [5.74, 6) is -2.89. The molecule has 1 aromatic carbocycles. The van der Waals surface area contributed by atoms with Crippen molar-refractivity contribution in [3.05, 3.63) is 83.1 Å². The van der Waals surface area contributed by atoms with Crippen LogP contribution in [0.1, 0.15) is 53.4 Å². The van der Waals surface area contributed by atoms with Gasteiger partial charge in [0.05, 0.1) is 17.8 Å². The summed E-state index contributed by atoms with van der Waals surface area (Å²) in [7, 11) is 0. The molecule has 2 fully saturated rings. The van der Waals surface area contributed by atoms with Crippen molar-refractivity contribution in [2.45, 2.75) is 50.4 Å². The van der Waals surface area contributed by atoms with Crippen molar-refractivity contribution in [1.29, 1.82) is 0 Å². The Labute approximate surface area is 195 Å². The van der Waals surface area contributed by atoms with Crippen molar-refractivity contribution in [2.75, 3.05) is 0 Å². The summed E-state index contributed by atoms with van der Waals surface area (Å²) in [6, 6.07) is 7.27. The van der Waals surface area contributed by atoms with Crippen molar-refractivity contribution in [3.8, 4) is 11.3 Å². The van der Waals surface area contributed by atoms with Crippen LogP contribution in [-0.4, -0.2) is 27.9 Å². The Morgan fingerprint density at radius 3 is 2.65 bits per heavy atom. The lowest BCUT2D eigenvalue weighted by molar-refractivity contribution is -0.0806. The minimum absolute atomic E-state index is 0.0277. The lowest BCUT2D eigenvalue weighted by Gasteiger charge is -2.38. The van der Waals surface area contributed by atoms with Crippen molar-refractivity contribution >= 4 is 5.78 Å². The number of fused-ring (bicyclic) bond motifs is 1. The van der Waals surface area contributed by atoms with Crippen LogP contribution >= 0.6 is 0 Å². The number of nitrogens with two attached hydrogens (primary N) is 1. The molecule has 8 heteroatoms. The maximum Gasteiger partial charge on any atom is 0.185 e. The van der Waals surface area contributed by atoms with Crippen LogP contribution in [0.25, 0.3) is 11.3 Å². The summed E-state index contributed by atoms with van der Waals surface area (Å²) >= 11 is 0. The first-order valence-corrected chi connectivity index (χ1v) is 11.4. The summed E-state index contributed by atoms with van der Waals surface area (Å²) in [4.78, 5) is 21.2. The van der Waals surface area contributed by atoms with E-state index in [0.29, 0.717) is 17.9 Å². The van der Waals surface area contributed by atoms with E-state index < -0.39 is 34.5 Å². The number of hydrogen-bond acceptors (Lipinski definition) is 5. The predicted octanol–water partition coefficient (Wildman–Crippen LogP) is 4.94. The summed E-state index contributed by atoms with van der Waals surface area (Å²) in [5, 5.41) is 0. The maximum atomic E-state index is 14.4. The molecule has 1 aliphatic carbocycles. The van der Waals surface area contributed by atoms with E-state index in [1.165, 1.54) is 12.1 Å². The molecule has 34 heavy (non-hydrogen) atoms. The van der Waals surface area contributed by atoms with E-state index in [-0.39, 0.29) is 30.4 Å². The zero-order valence-corrected chi connectivity index (χ0v) is 18.4. The summed E-state index contributed by atoms with van der Waals surface area (Å²) in [5.41, 5.74) is 6.69. The van der Waals surface area contributed by atoms with E-state index in [2.05, 4.69) is 9.97 Å². The van der Waals surface area contributed by atoms with Crippen LogP contribution < -0.4 is 5.73 Å². The third-order valence-corrected chi connectivity index (χ3v) is 6.85. The third-order valence-electron chi connectivity index (χ3n) is 6.85. The lowest BCUT2D eigenvalue weighted by Crippen LogP contribution is -2.43. The van der Waals surface area contributed by atoms with Gasteiger partial charge in [-0.15, -0.1) is 0 Å². The highest BCUT2D eigenvalue weighted by Gasteiger charge is 2.40. The standard InChI is InChI=1S/C26H24F3N3O2/c27-17-4-2-5-18(28)25(17)26-19(29)7-8-21(32-26)22(33)11-14-13-31-10-9-15(14)24-12-20(30)16-3-1-6-23(16)34-24/h2,4-5,7-10,13,16,20,23-24H,1,3,6,11-12,30H2/t16-,20-,23-,24-/m0/s1. The molecule has 176 valence electrons. The largest absolute Gasteiger partial charge is 0.370 e. The molecule has 0 amide bonds. The number of benzene rings is 1. The van der Waals surface area contributed by atoms with E-state index in [4.69, 9.17) is 10.5 Å². The van der Waals surface area contributed by atoms with Gasteiger partial charge in [0.2, 0.25) is 0 Å². The molecule has 0 spiro atoms. The molecule has 1 saturated carbocycles. The number of halogens is 3. The van der Waals surface area contributed by atoms with Gasteiger partial charge in [-0.05, 0) is 60.7 Å². The molecule has 3 heterocycles. The molecule has 4 atom stereocenters. The summed E-state index contributed by atoms with van der Waals surface area (Å²) in [6.07, 6.45) is 6.84. The Balaban J connectivity index is 1.42. The minimum Gasteiger partial charge on any atom is -0.370 e. The number of ether oxygens (including phenoxy) is 1. The number of carbonyl (C=O) groups is 1. The number of pyridine rings is 2. The number of aromatic nitrogens is 2. The van der Waals surface area contributed by atoms with Crippen LogP contribution in [-0.2, 0) is 11.2 Å². The Morgan fingerprint density at radius 2 is 1.85 bits per heavy atom. The van der Waals surface area contributed by atoms with Crippen molar-refractivity contribution in [2.24, 2.45) is 11.7 Å². The summed E-state index contributed by atoms with van der Waals surface area (Å²) in [6.45, 7) is 0. The second-order valence-electron chi connectivity index (χ2n) is 8.96. The van der Waals surface area contributed by atoms with Gasteiger partial charge in [-0.2, -0.15) is 0 Å². The molecule has 0 unspecified atom stereocenters. The molecule has 1 saturated heterocycles. The van der Waals surface area contributed by atoms with Gasteiger partial charge in [-0.25, -0.2) is 18.2 Å². The van der Waals surface area contributed by atoms with E-state index in [9.17, 15) is 18.0 Å². The molecule has 3 aromatic rings. The van der Waals surface area contributed by atoms with Gasteiger partial charge in [0, 0.05) is 30.8 Å². The van der Waals surface area contributed by atoms with Gasteiger partial charge in [0.15, 0.2) is 5.78 Å². The first kappa shape index (κ1) is 22.7. The molecule has 2 N–H and O–H groups in total. The Bertz CT molecular complexity index is 1220. The van der Waals surface area contributed by atoms with Crippen LogP contribution in [0.4, 0.5) is 13.2 Å². The van der Waals surface area contributed by atoms with E-state index in [1.54, 1.807) is 12.4 Å². The topological polar surface area (TPSA) is 78.1 Å². The van der Waals surface area contributed by atoms with Crippen LogP contribution in [0.5, 0.6) is 0 Å². The van der Waals surface area contributed by atoms with Gasteiger partial charge in [0.1, 0.15) is 28.8 Å². The quantitative estimate of drug-likeness (QED) is 0.538. The van der Waals surface area contributed by atoms with E-state index in [1.807, 2.05) is 6.07 Å². The number of carbonyl (C=O) groups excluding carboxylic acids is 1. The van der Waals surface area contributed by atoms with Crippen LogP contribution in [0.3, 0.4) is 0 Å². The first-order chi connectivity index (χ1) is 16.4. The number of Topliss-reactive ketones (excluding diaryl/α,β-unsaturated/α-hetero) is 1. The minimum atomic E-state index is -0.957. The molecular weight excluding hydrogens is 443 g/mol. The van der Waals surface area contributed by atoms with Crippen molar-refractivity contribution in [1.82, 2.24) is 9.97 Å². The second-order valence-corrected chi connectivity index (χ2v) is 8.96. The van der Waals surface area contributed by atoms with Gasteiger partial charge < -0.3 is 10.5 Å². The molecule has 5 nitrogen and oxygen atoms in total. The van der Waals surface area contributed by atoms with Crippen molar-refractivity contribution < 1.29 is 22.7 Å². The number of rotatable bonds is 5. The molecule has 0 bridgehead atoms. The molecular formula is C26H24F3N3O2. The van der Waals surface area contributed by atoms with E-state index >= 15 is 0 Å². The highest BCUT2D eigenvalue weighted by atomic mass is 19.1. The Hall–Kier alpha value is -3.10. The molecule has 1 aliphatic heterocycles. The summed E-state index contributed by atoms with van der Waals surface area (Å²) < 4.78 is 49.2. The zero-order valence-electron chi connectivity index (χ0n) is 18.4. The van der Waals surface area contributed by atoms with Gasteiger partial charge >= 0.3 is 0 Å². The monoisotopic (exact) mass is 467 g/mol. The molecule has 0 radical (unpaired) electrons. The third kappa shape index (κ3) is 4.23. The normalized spacial score (nSPS) is 24.1. The van der Waals surface area contributed by atoms with Gasteiger partial charge in [0.25, 0.3) is 0 Å². The molecule has 5 rings (SSSR count). The van der Waals surface area contributed by atoms with Gasteiger partial charge in [-0.3, -0.25) is 9.78 Å². The van der Waals surface area contributed by atoms with Crippen LogP contribution in [0.2, 0.25) is 0 Å². The van der Waals surface area contributed by atoms with E-state index in [0.717, 1.165) is 43.0 Å². The number of nitrogens with zero attached hydrogens (tertiary/aromatic N) is 2. The van der Waals surface area contributed by atoms with Crippen LogP contribution in [0, 0.1) is 23.4 Å². The zero-order chi connectivity index (χ0) is 23.8. The van der Waals surface area contributed by atoms with Crippen LogP contribution in [0.15, 0.2) is 48.8 Å². The van der Waals surface area contributed by atoms with Gasteiger partial charge in [-0.1, -0.05) is 12.5 Å². The fraction of sp³-hybridized carbons (Fsp3) is 0.346. The number of ketones is 1.